The van der Waals surface area contributed by atoms with E-state index in [1.54, 1.807) is 6.07 Å². The molecule has 1 saturated heterocycles. The van der Waals surface area contributed by atoms with Crippen LogP contribution in [0.1, 0.15) is 35.9 Å². The average Bonchev–Trinajstić information content (AvgIpc) is 3.04. The summed E-state index contributed by atoms with van der Waals surface area (Å²) in [5.74, 6) is -1.61. The lowest BCUT2D eigenvalue weighted by Gasteiger charge is -2.32. The van der Waals surface area contributed by atoms with Crippen molar-refractivity contribution < 1.29 is 30.9 Å². The van der Waals surface area contributed by atoms with E-state index in [0.29, 0.717) is 12.8 Å². The third kappa shape index (κ3) is 4.51. The summed E-state index contributed by atoms with van der Waals surface area (Å²) in [6.07, 6.45) is -4.05. The third-order valence-electron chi connectivity index (χ3n) is 5.07. The second kappa shape index (κ2) is 8.38. The standard InChI is InChI=1S/C19H22F3N3O4S/c1-12-16(13(2)29-24-12)30(27,28)25-10-6-9-15(11-25)18(26)23-17(19(20,21)22)14-7-4-3-5-8-14/h3-5,7-8,15,17H,6,9-11H2,1-2H3,(H,23,26). The summed E-state index contributed by atoms with van der Waals surface area (Å²) in [7, 11) is -3.98. The first-order chi connectivity index (χ1) is 14.0. The van der Waals surface area contributed by atoms with Gasteiger partial charge in [0.15, 0.2) is 11.8 Å². The first kappa shape index (κ1) is 22.3. The van der Waals surface area contributed by atoms with E-state index in [2.05, 4.69) is 10.5 Å². The van der Waals surface area contributed by atoms with Crippen LogP contribution in [0.5, 0.6) is 0 Å². The Hall–Kier alpha value is -2.40. The summed E-state index contributed by atoms with van der Waals surface area (Å²) in [4.78, 5) is 12.6. The van der Waals surface area contributed by atoms with Crippen molar-refractivity contribution in [2.24, 2.45) is 5.92 Å². The second-order valence-corrected chi connectivity index (χ2v) is 9.12. The molecule has 1 amide bonds. The highest BCUT2D eigenvalue weighted by atomic mass is 32.2. The van der Waals surface area contributed by atoms with Gasteiger partial charge in [-0.1, -0.05) is 35.5 Å². The summed E-state index contributed by atoms with van der Waals surface area (Å²) >= 11 is 0. The number of nitrogens with one attached hydrogen (secondary N) is 1. The number of aryl methyl sites for hydroxylation is 2. The Morgan fingerprint density at radius 3 is 2.50 bits per heavy atom. The van der Waals surface area contributed by atoms with Crippen LogP contribution in [-0.2, 0) is 14.8 Å². The van der Waals surface area contributed by atoms with Gasteiger partial charge in [-0.25, -0.2) is 8.42 Å². The number of nitrogens with zero attached hydrogens (tertiary/aromatic N) is 2. The van der Waals surface area contributed by atoms with Crippen LogP contribution in [-0.4, -0.2) is 43.1 Å². The maximum absolute atomic E-state index is 13.5. The molecule has 1 aliphatic heterocycles. The molecule has 1 aromatic carbocycles. The highest BCUT2D eigenvalue weighted by Gasteiger charge is 2.43. The minimum atomic E-state index is -4.69. The van der Waals surface area contributed by atoms with Crippen LogP contribution in [0.3, 0.4) is 0 Å². The van der Waals surface area contributed by atoms with Gasteiger partial charge in [0.25, 0.3) is 0 Å². The molecule has 0 saturated carbocycles. The fraction of sp³-hybridized carbons (Fsp3) is 0.474. The van der Waals surface area contributed by atoms with Gasteiger partial charge < -0.3 is 9.84 Å². The van der Waals surface area contributed by atoms with Crippen molar-refractivity contribution in [1.82, 2.24) is 14.8 Å². The molecule has 2 heterocycles. The number of hydrogen-bond donors (Lipinski definition) is 1. The van der Waals surface area contributed by atoms with Crippen molar-refractivity contribution in [3.8, 4) is 0 Å². The third-order valence-corrected chi connectivity index (χ3v) is 7.18. The van der Waals surface area contributed by atoms with E-state index >= 15 is 0 Å². The highest BCUT2D eigenvalue weighted by Crippen LogP contribution is 2.34. The largest absolute Gasteiger partial charge is 0.412 e. The van der Waals surface area contributed by atoms with E-state index in [0.717, 1.165) is 4.31 Å². The molecular formula is C19H22F3N3O4S. The van der Waals surface area contributed by atoms with Gasteiger partial charge in [-0.05, 0) is 32.3 Å². The molecule has 164 valence electrons. The summed E-state index contributed by atoms with van der Waals surface area (Å²) in [5, 5.41) is 5.70. The van der Waals surface area contributed by atoms with E-state index < -0.39 is 34.1 Å². The van der Waals surface area contributed by atoms with E-state index in [-0.39, 0.29) is 35.0 Å². The molecule has 0 bridgehead atoms. The number of carbonyl (C=O) groups excluding carboxylic acids is 1. The first-order valence-electron chi connectivity index (χ1n) is 9.37. The van der Waals surface area contributed by atoms with Crippen molar-refractivity contribution >= 4 is 15.9 Å². The SMILES string of the molecule is Cc1noc(C)c1S(=O)(=O)N1CCCC(C(=O)NC(c2ccccc2)C(F)(F)F)C1. The maximum Gasteiger partial charge on any atom is 0.412 e. The lowest BCUT2D eigenvalue weighted by molar-refractivity contribution is -0.165. The number of piperidine rings is 1. The molecule has 1 aromatic heterocycles. The zero-order valence-corrected chi connectivity index (χ0v) is 17.3. The number of rotatable bonds is 5. The van der Waals surface area contributed by atoms with Crippen molar-refractivity contribution in [1.29, 1.82) is 0 Å². The number of aromatic nitrogens is 1. The number of sulfonamides is 1. The lowest BCUT2D eigenvalue weighted by atomic mass is 9.97. The molecular weight excluding hydrogens is 423 g/mol. The Labute approximate surface area is 172 Å². The van der Waals surface area contributed by atoms with Crippen LogP contribution in [0.15, 0.2) is 39.8 Å². The molecule has 7 nitrogen and oxygen atoms in total. The molecule has 1 N–H and O–H groups in total. The van der Waals surface area contributed by atoms with Crippen LogP contribution in [0, 0.1) is 19.8 Å². The van der Waals surface area contributed by atoms with E-state index in [9.17, 15) is 26.4 Å². The monoisotopic (exact) mass is 445 g/mol. The van der Waals surface area contributed by atoms with Gasteiger partial charge in [0.1, 0.15) is 10.6 Å². The fourth-order valence-electron chi connectivity index (χ4n) is 3.61. The average molecular weight is 445 g/mol. The van der Waals surface area contributed by atoms with Crippen LogP contribution in [0.25, 0.3) is 0 Å². The number of carbonyl (C=O) groups is 1. The Kier molecular flexibility index (Phi) is 6.23. The van der Waals surface area contributed by atoms with Gasteiger partial charge >= 0.3 is 6.18 Å². The number of alkyl halides is 3. The summed E-state index contributed by atoms with van der Waals surface area (Å²) in [6.45, 7) is 2.91. The van der Waals surface area contributed by atoms with Gasteiger partial charge in [0, 0.05) is 13.1 Å². The zero-order valence-electron chi connectivity index (χ0n) is 16.4. The van der Waals surface area contributed by atoms with Gasteiger partial charge in [0.2, 0.25) is 15.9 Å². The van der Waals surface area contributed by atoms with Gasteiger partial charge in [-0.2, -0.15) is 17.5 Å². The van der Waals surface area contributed by atoms with E-state index in [1.807, 2.05) is 0 Å². The number of amides is 1. The molecule has 0 aliphatic carbocycles. The Morgan fingerprint density at radius 1 is 1.27 bits per heavy atom. The van der Waals surface area contributed by atoms with Crippen molar-refractivity contribution in [3.63, 3.8) is 0 Å². The molecule has 0 spiro atoms. The first-order valence-corrected chi connectivity index (χ1v) is 10.8. The molecule has 11 heteroatoms. The van der Waals surface area contributed by atoms with E-state index in [1.165, 1.54) is 38.1 Å². The Bertz CT molecular complexity index is 986. The molecule has 2 atom stereocenters. The molecule has 0 radical (unpaired) electrons. The van der Waals surface area contributed by atoms with E-state index in [4.69, 9.17) is 4.52 Å². The number of halogens is 3. The molecule has 30 heavy (non-hydrogen) atoms. The van der Waals surface area contributed by atoms with Crippen LogP contribution < -0.4 is 5.32 Å². The Morgan fingerprint density at radius 2 is 1.93 bits per heavy atom. The summed E-state index contributed by atoms with van der Waals surface area (Å²) in [5.41, 5.74) is 0.106. The number of benzene rings is 1. The highest BCUT2D eigenvalue weighted by molar-refractivity contribution is 7.89. The quantitative estimate of drug-likeness (QED) is 0.764. The van der Waals surface area contributed by atoms with Crippen LogP contribution >= 0.6 is 0 Å². The molecule has 1 aliphatic rings. The minimum Gasteiger partial charge on any atom is -0.360 e. The van der Waals surface area contributed by atoms with Crippen molar-refractivity contribution in [2.75, 3.05) is 13.1 Å². The van der Waals surface area contributed by atoms with Crippen LogP contribution in [0.2, 0.25) is 0 Å². The fourth-order valence-corrected chi connectivity index (χ4v) is 5.42. The molecule has 2 aromatic rings. The normalized spacial score (nSPS) is 19.4. The predicted molar refractivity (Wildman–Crippen MR) is 101 cm³/mol. The summed E-state index contributed by atoms with van der Waals surface area (Å²) in [6, 6.07) is 4.90. The van der Waals surface area contributed by atoms with Gasteiger partial charge in [-0.15, -0.1) is 0 Å². The van der Waals surface area contributed by atoms with Gasteiger partial charge in [0.05, 0.1) is 5.92 Å². The van der Waals surface area contributed by atoms with Crippen molar-refractivity contribution in [2.45, 2.75) is 43.8 Å². The molecule has 2 unspecified atom stereocenters. The molecule has 1 fully saturated rings. The predicted octanol–water partition coefficient (Wildman–Crippen LogP) is 3.11. The maximum atomic E-state index is 13.5. The zero-order chi connectivity index (χ0) is 22.1. The van der Waals surface area contributed by atoms with Crippen molar-refractivity contribution in [3.05, 3.63) is 47.3 Å². The Balaban J connectivity index is 1.78. The summed E-state index contributed by atoms with van der Waals surface area (Å²) < 4.78 is 72.6. The minimum absolute atomic E-state index is 0.0685. The lowest BCUT2D eigenvalue weighted by Crippen LogP contribution is -2.48. The van der Waals surface area contributed by atoms with Gasteiger partial charge in [-0.3, -0.25) is 4.79 Å². The topological polar surface area (TPSA) is 92.5 Å². The second-order valence-electron chi connectivity index (χ2n) is 7.25. The van der Waals surface area contributed by atoms with Crippen LogP contribution in [0.4, 0.5) is 13.2 Å². The number of hydrogen-bond acceptors (Lipinski definition) is 5. The smallest absolute Gasteiger partial charge is 0.360 e. The molecule has 3 rings (SSSR count).